The van der Waals surface area contributed by atoms with Gasteiger partial charge in [-0.15, -0.1) is 0 Å². The van der Waals surface area contributed by atoms with E-state index < -0.39 is 4.92 Å². The van der Waals surface area contributed by atoms with Crippen LogP contribution >= 0.6 is 46.4 Å². The quantitative estimate of drug-likeness (QED) is 0.243. The summed E-state index contributed by atoms with van der Waals surface area (Å²) in [6, 6.07) is 3.96. The van der Waals surface area contributed by atoms with Crippen LogP contribution in [-0.4, -0.2) is 4.92 Å². The third-order valence-electron chi connectivity index (χ3n) is 3.19. The van der Waals surface area contributed by atoms with Gasteiger partial charge in [-0.3, -0.25) is 10.1 Å². The molecule has 24 heavy (non-hydrogen) atoms. The Morgan fingerprint density at radius 3 is 2.12 bits per heavy atom. The lowest BCUT2D eigenvalue weighted by Gasteiger charge is -2.13. The molecule has 9 heteroatoms. The van der Waals surface area contributed by atoms with Crippen molar-refractivity contribution >= 4 is 63.5 Å². The van der Waals surface area contributed by atoms with Gasteiger partial charge in [0, 0.05) is 28.6 Å². The summed E-state index contributed by atoms with van der Waals surface area (Å²) >= 11 is 24.5. The molecule has 120 valence electrons. The molecule has 0 fully saturated rings. The van der Waals surface area contributed by atoms with Crippen molar-refractivity contribution < 1.29 is 4.92 Å². The number of nitrogens with zero attached hydrogens (tertiary/aromatic N) is 3. The van der Waals surface area contributed by atoms with Gasteiger partial charge in [-0.1, -0.05) is 46.4 Å². The minimum Gasteiger partial charge on any atom is -0.258 e. The van der Waals surface area contributed by atoms with Crippen LogP contribution in [0.1, 0.15) is 11.1 Å². The first-order valence-electron chi connectivity index (χ1n) is 6.18. The Labute approximate surface area is 157 Å². The molecule has 2 aromatic rings. The molecule has 2 rings (SSSR count). The first-order chi connectivity index (χ1) is 11.3. The van der Waals surface area contributed by atoms with Crippen LogP contribution in [-0.2, 0) is 6.42 Å². The molecule has 0 N–H and O–H groups in total. The fraction of sp³-hybridized carbons (Fsp3) is 0.0667. The maximum absolute atomic E-state index is 10.9. The van der Waals surface area contributed by atoms with Crippen molar-refractivity contribution in [2.45, 2.75) is 6.42 Å². The summed E-state index contributed by atoms with van der Waals surface area (Å²) in [4.78, 5) is 16.8. The second-order valence-corrected chi connectivity index (χ2v) is 6.09. The molecule has 0 spiro atoms. The zero-order valence-corrected chi connectivity index (χ0v) is 14.6. The summed E-state index contributed by atoms with van der Waals surface area (Å²) in [6.45, 7) is 14.3. The molecule has 5 nitrogen and oxygen atoms in total. The van der Waals surface area contributed by atoms with Gasteiger partial charge in [-0.2, -0.15) is 0 Å². The van der Waals surface area contributed by atoms with E-state index >= 15 is 0 Å². The van der Waals surface area contributed by atoms with Gasteiger partial charge in [0.05, 0.1) is 28.1 Å². The van der Waals surface area contributed by atoms with Crippen LogP contribution in [0.15, 0.2) is 18.2 Å². The third-order valence-corrected chi connectivity index (χ3v) is 4.85. The Bertz CT molecular complexity index is 945. The van der Waals surface area contributed by atoms with Crippen molar-refractivity contribution in [3.63, 3.8) is 0 Å². The highest BCUT2D eigenvalue weighted by Gasteiger charge is 2.23. The number of rotatable bonds is 3. The fourth-order valence-electron chi connectivity index (χ4n) is 2.04. The zero-order valence-electron chi connectivity index (χ0n) is 11.6. The number of benzene rings is 2. The summed E-state index contributed by atoms with van der Waals surface area (Å²) < 4.78 is 0. The average molecular weight is 401 g/mol. The normalized spacial score (nSPS) is 10.1. The monoisotopic (exact) mass is 399 g/mol. The van der Waals surface area contributed by atoms with Gasteiger partial charge in [-0.25, -0.2) is 9.69 Å². The van der Waals surface area contributed by atoms with E-state index in [1.807, 2.05) is 0 Å². The largest absolute Gasteiger partial charge is 0.269 e. The number of halogens is 4. The van der Waals surface area contributed by atoms with Crippen molar-refractivity contribution in [1.82, 2.24) is 0 Å². The van der Waals surface area contributed by atoms with Gasteiger partial charge in [0.1, 0.15) is 0 Å². The number of non-ortho nitro benzene ring substituents is 1. The zero-order chi connectivity index (χ0) is 18.0. The van der Waals surface area contributed by atoms with E-state index in [2.05, 4.69) is 9.69 Å². The maximum Gasteiger partial charge on any atom is 0.269 e. The summed E-state index contributed by atoms with van der Waals surface area (Å²) in [5, 5.41) is 11.1. The Balaban J connectivity index is 2.66. The highest BCUT2D eigenvalue weighted by Crippen LogP contribution is 2.49. The van der Waals surface area contributed by atoms with Crippen molar-refractivity contribution in [2.24, 2.45) is 0 Å². The summed E-state index contributed by atoms with van der Waals surface area (Å²) in [5.74, 6) is 0. The molecule has 0 amide bonds. The lowest BCUT2D eigenvalue weighted by molar-refractivity contribution is -0.384. The summed E-state index contributed by atoms with van der Waals surface area (Å²) in [7, 11) is 0. The highest BCUT2D eigenvalue weighted by atomic mass is 35.5. The molecule has 0 radical (unpaired) electrons. The summed E-state index contributed by atoms with van der Waals surface area (Å²) in [6.07, 6.45) is 0.0265. The van der Waals surface area contributed by atoms with Crippen molar-refractivity contribution in [2.75, 3.05) is 0 Å². The van der Waals surface area contributed by atoms with E-state index in [1.54, 1.807) is 0 Å². The van der Waals surface area contributed by atoms with Gasteiger partial charge in [-0.05, 0) is 17.2 Å². The van der Waals surface area contributed by atoms with Crippen LogP contribution in [0.25, 0.3) is 9.69 Å². The minimum atomic E-state index is -0.553. The highest BCUT2D eigenvalue weighted by molar-refractivity contribution is 6.47. The molecule has 0 aliphatic carbocycles. The first-order valence-corrected chi connectivity index (χ1v) is 7.70. The van der Waals surface area contributed by atoms with E-state index in [4.69, 9.17) is 59.5 Å². The van der Waals surface area contributed by atoms with Gasteiger partial charge in [0.25, 0.3) is 5.69 Å². The molecular formula is C15H5Cl4N3O2. The lowest BCUT2D eigenvalue weighted by atomic mass is 10.0. The molecular weight excluding hydrogens is 396 g/mol. The van der Waals surface area contributed by atoms with Crippen LogP contribution in [0, 0.1) is 23.3 Å². The topological polar surface area (TPSA) is 51.9 Å². The fourth-order valence-corrected chi connectivity index (χ4v) is 3.07. The summed E-state index contributed by atoms with van der Waals surface area (Å²) in [5.41, 5.74) is 0.297. The second kappa shape index (κ2) is 7.25. The molecule has 0 heterocycles. The Kier molecular flexibility index (Phi) is 5.54. The Morgan fingerprint density at radius 1 is 1.00 bits per heavy atom. The van der Waals surface area contributed by atoms with Crippen LogP contribution in [0.4, 0.5) is 17.1 Å². The van der Waals surface area contributed by atoms with Crippen molar-refractivity contribution in [1.29, 1.82) is 0 Å². The maximum atomic E-state index is 10.9. The van der Waals surface area contributed by atoms with Crippen LogP contribution in [0.2, 0.25) is 20.1 Å². The Hall–Kier alpha value is -2.02. The minimum absolute atomic E-state index is 0.0163. The van der Waals surface area contributed by atoms with Crippen LogP contribution in [0.3, 0.4) is 0 Å². The first kappa shape index (κ1) is 18.3. The molecule has 0 aliphatic rings. The predicted molar refractivity (Wildman–Crippen MR) is 94.9 cm³/mol. The molecule has 0 atom stereocenters. The van der Waals surface area contributed by atoms with Crippen LogP contribution in [0.5, 0.6) is 0 Å². The number of hydrogen-bond acceptors (Lipinski definition) is 2. The standard InChI is InChI=1S/C15H5Cl4N3O2/c1-20-14-12(18)9(11(17)13(19)15(14)21-2)6-7-5-8(22(23)24)3-4-10(7)16/h3-5H,6H2. The molecule has 0 saturated heterocycles. The third kappa shape index (κ3) is 3.26. The van der Waals surface area contributed by atoms with Gasteiger partial charge in [0.15, 0.2) is 0 Å². The second-order valence-electron chi connectivity index (χ2n) is 4.55. The molecule has 0 unspecified atom stereocenters. The van der Waals surface area contributed by atoms with E-state index in [0.29, 0.717) is 5.56 Å². The van der Waals surface area contributed by atoms with Crippen LogP contribution < -0.4 is 0 Å². The smallest absolute Gasteiger partial charge is 0.258 e. The van der Waals surface area contributed by atoms with Crippen molar-refractivity contribution in [3.8, 4) is 0 Å². The number of nitro benzene ring substituents is 1. The molecule has 0 bridgehead atoms. The lowest BCUT2D eigenvalue weighted by Crippen LogP contribution is -1.96. The van der Waals surface area contributed by atoms with Gasteiger partial charge < -0.3 is 0 Å². The van der Waals surface area contributed by atoms with E-state index in [-0.39, 0.29) is 49.1 Å². The molecule has 0 aromatic heterocycles. The molecule has 0 saturated carbocycles. The van der Waals surface area contributed by atoms with Gasteiger partial charge >= 0.3 is 0 Å². The number of hydrogen-bond donors (Lipinski definition) is 0. The van der Waals surface area contributed by atoms with E-state index in [1.165, 1.54) is 18.2 Å². The Morgan fingerprint density at radius 2 is 1.58 bits per heavy atom. The van der Waals surface area contributed by atoms with E-state index in [0.717, 1.165) is 0 Å². The predicted octanol–water partition coefficient (Wildman–Crippen LogP) is 6.90. The number of nitro groups is 1. The molecule has 0 aliphatic heterocycles. The van der Waals surface area contributed by atoms with E-state index in [9.17, 15) is 10.1 Å². The SMILES string of the molecule is [C-]#[N+]c1c(Cl)c(Cl)c(Cc2cc([N+](=O)[O-])ccc2Cl)c(Cl)c1[N+]#[C-]. The van der Waals surface area contributed by atoms with Gasteiger partial charge in [0.2, 0.25) is 11.4 Å². The average Bonchev–Trinajstić information content (AvgIpc) is 2.55. The van der Waals surface area contributed by atoms with Crippen molar-refractivity contribution in [3.05, 3.63) is 82.4 Å². The molecule has 2 aromatic carbocycles.